The van der Waals surface area contributed by atoms with E-state index in [4.69, 9.17) is 0 Å². The van der Waals surface area contributed by atoms with E-state index in [0.29, 0.717) is 18.4 Å². The maximum Gasteiger partial charge on any atom is 0.222 e. The van der Waals surface area contributed by atoms with Gasteiger partial charge < -0.3 is 10.2 Å². The molecule has 0 aromatic rings. The van der Waals surface area contributed by atoms with Crippen LogP contribution in [-0.4, -0.2) is 37.0 Å². The second-order valence-corrected chi connectivity index (χ2v) is 5.00. The summed E-state index contributed by atoms with van der Waals surface area (Å²) in [6.07, 6.45) is 4.20. The number of hydrogen-bond donors (Lipinski definition) is 1. The Morgan fingerprint density at radius 3 is 2.69 bits per heavy atom. The zero-order valence-corrected chi connectivity index (χ0v) is 11.5. The van der Waals surface area contributed by atoms with E-state index in [1.165, 1.54) is 12.8 Å². The molecule has 1 unspecified atom stereocenters. The summed E-state index contributed by atoms with van der Waals surface area (Å²) in [5.74, 6) is 0.848. The van der Waals surface area contributed by atoms with Gasteiger partial charge in [0, 0.05) is 26.1 Å². The summed E-state index contributed by atoms with van der Waals surface area (Å²) >= 11 is 0. The van der Waals surface area contributed by atoms with Crippen molar-refractivity contribution in [2.24, 2.45) is 5.92 Å². The Kier molecular flexibility index (Phi) is 7.77. The summed E-state index contributed by atoms with van der Waals surface area (Å²) in [4.78, 5) is 13.6. The van der Waals surface area contributed by atoms with Crippen molar-refractivity contribution in [2.75, 3.05) is 20.1 Å². The van der Waals surface area contributed by atoms with Crippen LogP contribution in [0.4, 0.5) is 0 Å². The van der Waals surface area contributed by atoms with Crippen LogP contribution in [0.5, 0.6) is 0 Å². The molecule has 1 amide bonds. The molecule has 16 heavy (non-hydrogen) atoms. The van der Waals surface area contributed by atoms with Gasteiger partial charge in [0.1, 0.15) is 0 Å². The molecular weight excluding hydrogens is 224 g/mol. The third-order valence-corrected chi connectivity index (χ3v) is 2.93. The molecule has 0 radical (unpaired) electrons. The van der Waals surface area contributed by atoms with Gasteiger partial charge in [-0.25, -0.2) is 0 Å². The Balaban J connectivity index is 0.00000225. The highest BCUT2D eigenvalue weighted by molar-refractivity contribution is 5.85. The summed E-state index contributed by atoms with van der Waals surface area (Å²) in [6.45, 7) is 6.28. The van der Waals surface area contributed by atoms with E-state index in [1.54, 1.807) is 0 Å². The van der Waals surface area contributed by atoms with E-state index in [0.717, 1.165) is 19.5 Å². The summed E-state index contributed by atoms with van der Waals surface area (Å²) in [5.41, 5.74) is 0. The Bertz CT molecular complexity index is 203. The molecule has 0 bridgehead atoms. The number of amides is 1. The maximum atomic E-state index is 11.7. The van der Waals surface area contributed by atoms with Crippen molar-refractivity contribution in [3.8, 4) is 0 Å². The van der Waals surface area contributed by atoms with E-state index in [9.17, 15) is 4.79 Å². The average Bonchev–Trinajstić information content (AvgIpc) is 2.65. The molecule has 1 saturated heterocycles. The molecule has 0 aromatic heterocycles. The number of halogens is 1. The minimum absolute atomic E-state index is 0. The first-order valence-electron chi connectivity index (χ1n) is 6.07. The van der Waals surface area contributed by atoms with Gasteiger partial charge in [-0.15, -0.1) is 12.4 Å². The SMILES string of the molecule is CC(C)CN(C)C(=O)CCC1CCCN1.Cl. The Labute approximate surface area is 105 Å². The van der Waals surface area contributed by atoms with Crippen LogP contribution in [0.1, 0.15) is 39.5 Å². The maximum absolute atomic E-state index is 11.7. The molecule has 0 saturated carbocycles. The highest BCUT2D eigenvalue weighted by Crippen LogP contribution is 2.11. The highest BCUT2D eigenvalue weighted by Gasteiger charge is 2.17. The first-order chi connectivity index (χ1) is 7.09. The summed E-state index contributed by atoms with van der Waals surface area (Å²) in [7, 11) is 1.91. The smallest absolute Gasteiger partial charge is 0.222 e. The molecule has 1 N–H and O–H groups in total. The summed E-state index contributed by atoms with van der Waals surface area (Å²) < 4.78 is 0. The normalized spacial score (nSPS) is 19.6. The fourth-order valence-corrected chi connectivity index (χ4v) is 2.14. The first-order valence-corrected chi connectivity index (χ1v) is 6.07. The van der Waals surface area contributed by atoms with Crippen molar-refractivity contribution in [1.29, 1.82) is 0 Å². The molecular formula is C12H25ClN2O. The molecule has 1 aliphatic rings. The first kappa shape index (κ1) is 15.7. The van der Waals surface area contributed by atoms with E-state index >= 15 is 0 Å². The van der Waals surface area contributed by atoms with Gasteiger partial charge >= 0.3 is 0 Å². The number of carbonyl (C=O) groups excluding carboxylic acids is 1. The summed E-state index contributed by atoms with van der Waals surface area (Å²) in [6, 6.07) is 0.585. The lowest BCUT2D eigenvalue weighted by atomic mass is 10.1. The molecule has 0 aliphatic carbocycles. The van der Waals surface area contributed by atoms with Crippen molar-refractivity contribution in [3.05, 3.63) is 0 Å². The quantitative estimate of drug-likeness (QED) is 0.808. The number of carbonyl (C=O) groups is 1. The van der Waals surface area contributed by atoms with Gasteiger partial charge in [-0.05, 0) is 31.7 Å². The highest BCUT2D eigenvalue weighted by atomic mass is 35.5. The fourth-order valence-electron chi connectivity index (χ4n) is 2.14. The third-order valence-electron chi connectivity index (χ3n) is 2.93. The molecule has 1 fully saturated rings. The van der Waals surface area contributed by atoms with Gasteiger partial charge in [-0.1, -0.05) is 13.8 Å². The van der Waals surface area contributed by atoms with Gasteiger partial charge in [0.2, 0.25) is 5.91 Å². The second-order valence-electron chi connectivity index (χ2n) is 5.00. The van der Waals surface area contributed by atoms with E-state index in [2.05, 4.69) is 19.2 Å². The lowest BCUT2D eigenvalue weighted by Crippen LogP contribution is -2.31. The predicted octanol–water partition coefficient (Wildman–Crippen LogP) is 2.05. The Morgan fingerprint density at radius 2 is 2.19 bits per heavy atom. The van der Waals surface area contributed by atoms with Crippen LogP contribution in [0.2, 0.25) is 0 Å². The van der Waals surface area contributed by atoms with Crippen molar-refractivity contribution in [2.45, 2.75) is 45.6 Å². The Morgan fingerprint density at radius 1 is 1.50 bits per heavy atom. The number of rotatable bonds is 5. The van der Waals surface area contributed by atoms with Crippen LogP contribution < -0.4 is 5.32 Å². The van der Waals surface area contributed by atoms with Crippen LogP contribution >= 0.6 is 12.4 Å². The predicted molar refractivity (Wildman–Crippen MR) is 70.0 cm³/mol. The number of nitrogens with one attached hydrogen (secondary N) is 1. The van der Waals surface area contributed by atoms with Crippen LogP contribution in [0, 0.1) is 5.92 Å². The Hall–Kier alpha value is -0.280. The van der Waals surface area contributed by atoms with Crippen LogP contribution in [0.15, 0.2) is 0 Å². The standard InChI is InChI=1S/C12H24N2O.ClH/c1-10(2)9-14(3)12(15)7-6-11-5-4-8-13-11;/h10-11,13H,4-9H2,1-3H3;1H. The van der Waals surface area contributed by atoms with E-state index in [-0.39, 0.29) is 18.3 Å². The van der Waals surface area contributed by atoms with Gasteiger partial charge in [-0.3, -0.25) is 4.79 Å². The third kappa shape index (κ3) is 5.71. The monoisotopic (exact) mass is 248 g/mol. The molecule has 0 aromatic carbocycles. The lowest BCUT2D eigenvalue weighted by Gasteiger charge is -2.20. The van der Waals surface area contributed by atoms with Crippen LogP contribution in [-0.2, 0) is 4.79 Å². The van der Waals surface area contributed by atoms with Gasteiger partial charge in [0.15, 0.2) is 0 Å². The zero-order valence-electron chi connectivity index (χ0n) is 10.7. The van der Waals surface area contributed by atoms with Crippen molar-refractivity contribution >= 4 is 18.3 Å². The largest absolute Gasteiger partial charge is 0.346 e. The molecule has 1 aliphatic heterocycles. The van der Waals surface area contributed by atoms with Crippen LogP contribution in [0.25, 0.3) is 0 Å². The minimum atomic E-state index is 0. The topological polar surface area (TPSA) is 32.3 Å². The second kappa shape index (κ2) is 7.91. The number of hydrogen-bond acceptors (Lipinski definition) is 2. The van der Waals surface area contributed by atoms with Gasteiger partial charge in [0.05, 0.1) is 0 Å². The van der Waals surface area contributed by atoms with Crippen molar-refractivity contribution in [1.82, 2.24) is 10.2 Å². The van der Waals surface area contributed by atoms with E-state index < -0.39 is 0 Å². The molecule has 1 atom stereocenters. The lowest BCUT2D eigenvalue weighted by molar-refractivity contribution is -0.130. The van der Waals surface area contributed by atoms with Gasteiger partial charge in [-0.2, -0.15) is 0 Å². The molecule has 0 spiro atoms. The average molecular weight is 249 g/mol. The molecule has 1 rings (SSSR count). The molecule has 1 heterocycles. The fraction of sp³-hybridized carbons (Fsp3) is 0.917. The molecule has 96 valence electrons. The van der Waals surface area contributed by atoms with Crippen LogP contribution in [0.3, 0.4) is 0 Å². The van der Waals surface area contributed by atoms with Crippen molar-refractivity contribution < 1.29 is 4.79 Å². The van der Waals surface area contributed by atoms with Gasteiger partial charge in [0.25, 0.3) is 0 Å². The number of nitrogens with zero attached hydrogens (tertiary/aromatic N) is 1. The zero-order chi connectivity index (χ0) is 11.3. The molecule has 4 heteroatoms. The minimum Gasteiger partial charge on any atom is -0.346 e. The van der Waals surface area contributed by atoms with E-state index in [1.807, 2.05) is 11.9 Å². The molecule has 3 nitrogen and oxygen atoms in total. The van der Waals surface area contributed by atoms with Crippen molar-refractivity contribution in [3.63, 3.8) is 0 Å². The summed E-state index contributed by atoms with van der Waals surface area (Å²) in [5, 5.41) is 3.42.